The molecule has 0 atom stereocenters. The summed E-state index contributed by atoms with van der Waals surface area (Å²) in [6.45, 7) is 4.13. The Kier molecular flexibility index (Phi) is 3.37. The van der Waals surface area contributed by atoms with Crippen molar-refractivity contribution in [3.05, 3.63) is 35.7 Å². The third-order valence-electron chi connectivity index (χ3n) is 3.88. The van der Waals surface area contributed by atoms with Crippen LogP contribution in [0.15, 0.2) is 30.1 Å². The van der Waals surface area contributed by atoms with Crippen molar-refractivity contribution in [1.82, 2.24) is 9.88 Å². The summed E-state index contributed by atoms with van der Waals surface area (Å²) in [5.41, 5.74) is 2.22. The van der Waals surface area contributed by atoms with E-state index < -0.39 is 0 Å². The number of pyridine rings is 1. The van der Waals surface area contributed by atoms with Crippen molar-refractivity contribution in [2.45, 2.75) is 19.3 Å². The van der Waals surface area contributed by atoms with E-state index in [1.807, 2.05) is 12.1 Å². The van der Waals surface area contributed by atoms with Crippen LogP contribution in [0.3, 0.4) is 0 Å². The number of hydrogen-bond acceptors (Lipinski definition) is 4. The smallest absolute Gasteiger partial charge is 0.128 e. The fraction of sp³-hybridized carbons (Fsp3) is 0.467. The number of nitriles is 1. The summed E-state index contributed by atoms with van der Waals surface area (Å²) in [6.07, 6.45) is 7.95. The van der Waals surface area contributed by atoms with Crippen molar-refractivity contribution in [1.29, 1.82) is 5.26 Å². The molecule has 1 aromatic rings. The van der Waals surface area contributed by atoms with Crippen LogP contribution in [0.5, 0.6) is 0 Å². The Morgan fingerprint density at radius 3 is 2.47 bits per heavy atom. The van der Waals surface area contributed by atoms with E-state index in [9.17, 15) is 0 Å². The zero-order chi connectivity index (χ0) is 13.1. The van der Waals surface area contributed by atoms with Crippen LogP contribution < -0.4 is 4.90 Å². The van der Waals surface area contributed by atoms with E-state index in [-0.39, 0.29) is 0 Å². The number of nitrogens with zero attached hydrogens (tertiary/aromatic N) is 4. The van der Waals surface area contributed by atoms with E-state index in [2.05, 4.69) is 27.1 Å². The highest BCUT2D eigenvalue weighted by Crippen LogP contribution is 2.26. The van der Waals surface area contributed by atoms with Crippen LogP contribution in [0.2, 0.25) is 0 Å². The van der Waals surface area contributed by atoms with Gasteiger partial charge >= 0.3 is 0 Å². The zero-order valence-electron chi connectivity index (χ0n) is 11.0. The minimum Gasteiger partial charge on any atom is -0.374 e. The van der Waals surface area contributed by atoms with Gasteiger partial charge in [-0.25, -0.2) is 4.98 Å². The topological polar surface area (TPSA) is 43.2 Å². The van der Waals surface area contributed by atoms with Gasteiger partial charge < -0.3 is 9.80 Å². The molecule has 2 fully saturated rings. The van der Waals surface area contributed by atoms with Crippen molar-refractivity contribution in [3.63, 3.8) is 0 Å². The fourth-order valence-electron chi connectivity index (χ4n) is 2.49. The second-order valence-corrected chi connectivity index (χ2v) is 5.18. The van der Waals surface area contributed by atoms with Gasteiger partial charge in [-0.2, -0.15) is 5.26 Å². The standard InChI is InChI=1S/C15H18N4/c16-10-14-4-5-15(17-11-14)19-8-6-18(7-9-19)12-13-2-1-3-13/h4-5,11-12H,1-3,6-9H2. The summed E-state index contributed by atoms with van der Waals surface area (Å²) in [6, 6.07) is 5.88. The van der Waals surface area contributed by atoms with Crippen LogP contribution in [0, 0.1) is 11.3 Å². The van der Waals surface area contributed by atoms with Gasteiger partial charge in [0, 0.05) is 32.4 Å². The molecule has 1 aliphatic heterocycles. The highest BCUT2D eigenvalue weighted by atomic mass is 15.3. The van der Waals surface area contributed by atoms with Gasteiger partial charge in [-0.05, 0) is 37.6 Å². The lowest BCUT2D eigenvalue weighted by Crippen LogP contribution is -2.44. The summed E-state index contributed by atoms with van der Waals surface area (Å²) in [5, 5.41) is 8.77. The summed E-state index contributed by atoms with van der Waals surface area (Å²) < 4.78 is 0. The first kappa shape index (κ1) is 12.0. The number of aromatic nitrogens is 1. The minimum absolute atomic E-state index is 0.622. The van der Waals surface area contributed by atoms with Crippen molar-refractivity contribution in [2.24, 2.45) is 0 Å². The normalized spacial score (nSPS) is 18.8. The number of hydrogen-bond donors (Lipinski definition) is 0. The average molecular weight is 254 g/mol. The van der Waals surface area contributed by atoms with Crippen LogP contribution in [0.1, 0.15) is 24.8 Å². The molecule has 4 nitrogen and oxygen atoms in total. The predicted molar refractivity (Wildman–Crippen MR) is 74.7 cm³/mol. The monoisotopic (exact) mass is 254 g/mol. The molecule has 98 valence electrons. The van der Waals surface area contributed by atoms with Crippen LogP contribution in [0.25, 0.3) is 0 Å². The fourth-order valence-corrected chi connectivity index (χ4v) is 2.49. The van der Waals surface area contributed by atoms with E-state index in [1.54, 1.807) is 11.8 Å². The van der Waals surface area contributed by atoms with Gasteiger partial charge in [0.2, 0.25) is 0 Å². The van der Waals surface area contributed by atoms with Gasteiger partial charge in [-0.15, -0.1) is 0 Å². The number of piperazine rings is 1. The Morgan fingerprint density at radius 2 is 1.95 bits per heavy atom. The lowest BCUT2D eigenvalue weighted by molar-refractivity contribution is 0.340. The van der Waals surface area contributed by atoms with E-state index in [0.29, 0.717) is 5.56 Å². The van der Waals surface area contributed by atoms with E-state index >= 15 is 0 Å². The second-order valence-electron chi connectivity index (χ2n) is 5.18. The lowest BCUT2D eigenvalue weighted by atomic mass is 9.93. The van der Waals surface area contributed by atoms with Crippen LogP contribution >= 0.6 is 0 Å². The number of rotatable bonds is 2. The zero-order valence-corrected chi connectivity index (χ0v) is 11.0. The van der Waals surface area contributed by atoms with E-state index in [0.717, 1.165) is 32.0 Å². The summed E-state index contributed by atoms with van der Waals surface area (Å²) in [5.74, 6) is 0.981. The summed E-state index contributed by atoms with van der Waals surface area (Å²) in [7, 11) is 0. The quantitative estimate of drug-likeness (QED) is 0.811. The number of allylic oxidation sites excluding steroid dienone is 1. The molecule has 2 aliphatic rings. The molecule has 0 radical (unpaired) electrons. The largest absolute Gasteiger partial charge is 0.374 e. The SMILES string of the molecule is N#Cc1ccc(N2CCN(C=C3CCC3)CC2)nc1. The molecule has 0 bridgehead atoms. The van der Waals surface area contributed by atoms with Gasteiger partial charge in [0.25, 0.3) is 0 Å². The Labute approximate surface area is 114 Å². The van der Waals surface area contributed by atoms with Crippen molar-refractivity contribution in [2.75, 3.05) is 31.1 Å². The second kappa shape index (κ2) is 5.31. The molecule has 0 amide bonds. The average Bonchev–Trinajstić information content (AvgIpc) is 2.44. The maximum atomic E-state index is 8.77. The molecular weight excluding hydrogens is 236 g/mol. The molecule has 0 unspecified atom stereocenters. The molecular formula is C15H18N4. The van der Waals surface area contributed by atoms with Gasteiger partial charge in [0.05, 0.1) is 5.56 Å². The minimum atomic E-state index is 0.622. The van der Waals surface area contributed by atoms with Crippen molar-refractivity contribution >= 4 is 5.82 Å². The molecule has 0 N–H and O–H groups in total. The van der Waals surface area contributed by atoms with Crippen molar-refractivity contribution < 1.29 is 0 Å². The number of anilines is 1. The highest BCUT2D eigenvalue weighted by molar-refractivity contribution is 5.42. The van der Waals surface area contributed by atoms with E-state index in [4.69, 9.17) is 5.26 Å². The molecule has 0 aromatic carbocycles. The molecule has 1 aromatic heterocycles. The predicted octanol–water partition coefficient (Wildman–Crippen LogP) is 2.14. The molecule has 1 aliphatic carbocycles. The van der Waals surface area contributed by atoms with Gasteiger partial charge in [-0.3, -0.25) is 0 Å². The molecule has 3 rings (SSSR count). The molecule has 1 saturated carbocycles. The Balaban J connectivity index is 1.58. The third kappa shape index (κ3) is 2.70. The Morgan fingerprint density at radius 1 is 1.16 bits per heavy atom. The van der Waals surface area contributed by atoms with Crippen LogP contribution in [-0.4, -0.2) is 36.1 Å². The maximum Gasteiger partial charge on any atom is 0.128 e. The lowest BCUT2D eigenvalue weighted by Gasteiger charge is -2.36. The summed E-state index contributed by atoms with van der Waals surface area (Å²) >= 11 is 0. The Hall–Kier alpha value is -2.02. The van der Waals surface area contributed by atoms with Crippen molar-refractivity contribution in [3.8, 4) is 6.07 Å². The molecule has 2 heterocycles. The summed E-state index contributed by atoms with van der Waals surface area (Å²) in [4.78, 5) is 9.07. The highest BCUT2D eigenvalue weighted by Gasteiger charge is 2.17. The van der Waals surface area contributed by atoms with Crippen LogP contribution in [-0.2, 0) is 0 Å². The van der Waals surface area contributed by atoms with Gasteiger partial charge in [-0.1, -0.05) is 5.57 Å². The van der Waals surface area contributed by atoms with Gasteiger partial charge in [0.1, 0.15) is 11.9 Å². The first-order valence-corrected chi connectivity index (χ1v) is 6.90. The van der Waals surface area contributed by atoms with Crippen LogP contribution in [0.4, 0.5) is 5.82 Å². The third-order valence-corrected chi connectivity index (χ3v) is 3.88. The molecule has 1 saturated heterocycles. The van der Waals surface area contributed by atoms with E-state index in [1.165, 1.54) is 19.3 Å². The molecule has 0 spiro atoms. The first-order valence-electron chi connectivity index (χ1n) is 6.90. The molecule has 19 heavy (non-hydrogen) atoms. The molecule has 4 heteroatoms. The maximum absolute atomic E-state index is 8.77. The Bertz CT molecular complexity index is 498. The van der Waals surface area contributed by atoms with Gasteiger partial charge in [0.15, 0.2) is 0 Å². The first-order chi connectivity index (χ1) is 9.35.